The van der Waals surface area contributed by atoms with E-state index in [-0.39, 0.29) is 5.54 Å². The number of aryl methyl sites for hydroxylation is 1. The van der Waals surface area contributed by atoms with Gasteiger partial charge in [0, 0.05) is 17.6 Å². The average Bonchev–Trinajstić information content (AvgIpc) is 2.67. The zero-order valence-corrected chi connectivity index (χ0v) is 14.2. The van der Waals surface area contributed by atoms with Gasteiger partial charge in [0.25, 0.3) is 0 Å². The van der Waals surface area contributed by atoms with E-state index in [1.165, 1.54) is 24.8 Å². The summed E-state index contributed by atoms with van der Waals surface area (Å²) in [5.41, 5.74) is 1.44. The molecule has 116 valence electrons. The molecule has 3 heteroatoms. The Morgan fingerprint density at radius 1 is 1.25 bits per heavy atom. The third-order valence-electron chi connectivity index (χ3n) is 3.45. The van der Waals surface area contributed by atoms with Gasteiger partial charge in [-0.1, -0.05) is 19.8 Å². The van der Waals surface area contributed by atoms with Crippen LogP contribution in [0.3, 0.4) is 0 Å². The number of rotatable bonds is 8. The maximum absolute atomic E-state index is 5.85. The van der Waals surface area contributed by atoms with Crippen LogP contribution in [0.5, 0.6) is 0 Å². The number of unbranched alkanes of at least 4 members (excludes halogenated alkanes) is 2. The van der Waals surface area contributed by atoms with Crippen molar-refractivity contribution in [3.63, 3.8) is 0 Å². The number of hydrogen-bond acceptors (Lipinski definition) is 3. The van der Waals surface area contributed by atoms with Crippen molar-refractivity contribution in [2.24, 2.45) is 0 Å². The molecule has 0 amide bonds. The lowest BCUT2D eigenvalue weighted by molar-refractivity contribution is 0.315. The second-order valence-electron chi connectivity index (χ2n) is 6.84. The molecule has 1 heterocycles. The molecule has 0 aromatic carbocycles. The number of furan rings is 1. The van der Waals surface area contributed by atoms with Gasteiger partial charge in [0.1, 0.15) is 11.5 Å². The Balaban J connectivity index is 2.48. The Morgan fingerprint density at radius 3 is 2.55 bits per heavy atom. The van der Waals surface area contributed by atoms with Crippen molar-refractivity contribution >= 4 is 0 Å². The first-order chi connectivity index (χ1) is 9.31. The number of hydrogen-bond donors (Lipinski definition) is 1. The monoisotopic (exact) mass is 280 g/mol. The first-order valence-electron chi connectivity index (χ1n) is 7.83. The Bertz CT molecular complexity index is 390. The van der Waals surface area contributed by atoms with Crippen LogP contribution in [0.1, 0.15) is 64.0 Å². The van der Waals surface area contributed by atoms with Crippen LogP contribution in [-0.4, -0.2) is 24.0 Å². The maximum atomic E-state index is 5.85. The molecule has 0 aliphatic heterocycles. The third kappa shape index (κ3) is 6.58. The molecule has 1 rings (SSSR count). The van der Waals surface area contributed by atoms with Gasteiger partial charge >= 0.3 is 0 Å². The lowest BCUT2D eigenvalue weighted by Crippen LogP contribution is -2.34. The average molecular weight is 280 g/mol. The molecule has 20 heavy (non-hydrogen) atoms. The highest BCUT2D eigenvalue weighted by Gasteiger charge is 2.13. The fourth-order valence-corrected chi connectivity index (χ4v) is 2.19. The maximum Gasteiger partial charge on any atom is 0.118 e. The third-order valence-corrected chi connectivity index (χ3v) is 3.45. The molecule has 1 aromatic heterocycles. The van der Waals surface area contributed by atoms with Crippen LogP contribution in [0.15, 0.2) is 10.5 Å². The Labute approximate surface area is 124 Å². The van der Waals surface area contributed by atoms with Crippen molar-refractivity contribution in [1.29, 1.82) is 0 Å². The smallest absolute Gasteiger partial charge is 0.118 e. The summed E-state index contributed by atoms with van der Waals surface area (Å²) in [6.07, 6.45) is 3.87. The van der Waals surface area contributed by atoms with E-state index >= 15 is 0 Å². The van der Waals surface area contributed by atoms with Gasteiger partial charge in [0.15, 0.2) is 0 Å². The molecule has 0 saturated heterocycles. The lowest BCUT2D eigenvalue weighted by atomic mass is 10.1. The van der Waals surface area contributed by atoms with Crippen LogP contribution in [0.2, 0.25) is 0 Å². The second-order valence-corrected chi connectivity index (χ2v) is 6.84. The number of nitrogens with zero attached hydrogens (tertiary/aromatic N) is 1. The molecule has 3 nitrogen and oxygen atoms in total. The van der Waals surface area contributed by atoms with Crippen molar-refractivity contribution in [3.8, 4) is 0 Å². The van der Waals surface area contributed by atoms with Gasteiger partial charge in [-0.05, 0) is 53.8 Å². The molecular weight excluding hydrogens is 248 g/mol. The summed E-state index contributed by atoms with van der Waals surface area (Å²) in [6, 6.07) is 2.20. The van der Waals surface area contributed by atoms with Crippen LogP contribution in [0.4, 0.5) is 0 Å². The molecule has 0 atom stereocenters. The summed E-state index contributed by atoms with van der Waals surface area (Å²) >= 11 is 0. The second kappa shape index (κ2) is 7.84. The Morgan fingerprint density at radius 2 is 1.95 bits per heavy atom. The molecule has 0 aliphatic carbocycles. The van der Waals surface area contributed by atoms with E-state index in [2.05, 4.69) is 57.9 Å². The summed E-state index contributed by atoms with van der Waals surface area (Å²) < 4.78 is 5.85. The molecule has 1 aromatic rings. The standard InChI is InChI=1S/C17H32N2O/c1-7-8-9-10-19(6)13-15-11-16(20-14(15)2)12-18-17(3,4)5/h11,18H,7-10,12-13H2,1-6H3. The highest BCUT2D eigenvalue weighted by Crippen LogP contribution is 2.17. The van der Waals surface area contributed by atoms with E-state index in [0.29, 0.717) is 0 Å². The van der Waals surface area contributed by atoms with Crippen molar-refractivity contribution in [3.05, 3.63) is 23.2 Å². The predicted molar refractivity (Wildman–Crippen MR) is 85.9 cm³/mol. The van der Waals surface area contributed by atoms with E-state index in [0.717, 1.165) is 31.2 Å². The first-order valence-corrected chi connectivity index (χ1v) is 7.83. The molecule has 0 saturated carbocycles. The van der Waals surface area contributed by atoms with Crippen LogP contribution in [0, 0.1) is 6.92 Å². The van der Waals surface area contributed by atoms with Gasteiger partial charge in [-0.3, -0.25) is 0 Å². The molecule has 0 unspecified atom stereocenters. The zero-order valence-electron chi connectivity index (χ0n) is 14.2. The quantitative estimate of drug-likeness (QED) is 0.727. The fourth-order valence-electron chi connectivity index (χ4n) is 2.19. The van der Waals surface area contributed by atoms with Gasteiger partial charge in [-0.25, -0.2) is 0 Å². The van der Waals surface area contributed by atoms with Gasteiger partial charge in [0.05, 0.1) is 6.54 Å². The topological polar surface area (TPSA) is 28.4 Å². The van der Waals surface area contributed by atoms with Crippen LogP contribution in [-0.2, 0) is 13.1 Å². The minimum atomic E-state index is 0.123. The van der Waals surface area contributed by atoms with Crippen LogP contribution >= 0.6 is 0 Å². The van der Waals surface area contributed by atoms with Gasteiger partial charge in [-0.15, -0.1) is 0 Å². The Kier molecular flexibility index (Phi) is 6.77. The molecule has 0 aliphatic rings. The predicted octanol–water partition coefficient (Wildman–Crippen LogP) is 4.10. The molecular formula is C17H32N2O. The van der Waals surface area contributed by atoms with Crippen LogP contribution in [0.25, 0.3) is 0 Å². The zero-order chi connectivity index (χ0) is 15.2. The van der Waals surface area contributed by atoms with E-state index in [9.17, 15) is 0 Å². The van der Waals surface area contributed by atoms with Gasteiger partial charge in [-0.2, -0.15) is 0 Å². The Hall–Kier alpha value is -0.800. The number of nitrogens with one attached hydrogen (secondary N) is 1. The van der Waals surface area contributed by atoms with Gasteiger partial charge in [0.2, 0.25) is 0 Å². The van der Waals surface area contributed by atoms with Crippen molar-refractivity contribution in [2.75, 3.05) is 13.6 Å². The molecule has 0 spiro atoms. The minimum absolute atomic E-state index is 0.123. The van der Waals surface area contributed by atoms with E-state index in [4.69, 9.17) is 4.42 Å². The first kappa shape index (κ1) is 17.3. The summed E-state index contributed by atoms with van der Waals surface area (Å²) in [5.74, 6) is 2.09. The van der Waals surface area contributed by atoms with Crippen molar-refractivity contribution in [1.82, 2.24) is 10.2 Å². The fraction of sp³-hybridized carbons (Fsp3) is 0.765. The molecule has 1 N–H and O–H groups in total. The lowest BCUT2D eigenvalue weighted by Gasteiger charge is -2.19. The van der Waals surface area contributed by atoms with Crippen LogP contribution < -0.4 is 5.32 Å². The molecule has 0 bridgehead atoms. The summed E-state index contributed by atoms with van der Waals surface area (Å²) in [4.78, 5) is 2.38. The normalized spacial score (nSPS) is 12.3. The van der Waals surface area contributed by atoms with Gasteiger partial charge < -0.3 is 14.6 Å². The molecule has 0 fully saturated rings. The van der Waals surface area contributed by atoms with Crippen molar-refractivity contribution < 1.29 is 4.42 Å². The van der Waals surface area contributed by atoms with E-state index in [1.54, 1.807) is 0 Å². The van der Waals surface area contributed by atoms with E-state index in [1.807, 2.05) is 0 Å². The highest BCUT2D eigenvalue weighted by atomic mass is 16.3. The van der Waals surface area contributed by atoms with E-state index < -0.39 is 0 Å². The summed E-state index contributed by atoms with van der Waals surface area (Å²) in [6.45, 7) is 13.8. The summed E-state index contributed by atoms with van der Waals surface area (Å²) in [7, 11) is 2.19. The SMILES string of the molecule is CCCCCN(C)Cc1cc(CNC(C)(C)C)oc1C. The van der Waals surface area contributed by atoms with Crippen molar-refractivity contribution in [2.45, 2.75) is 72.5 Å². The summed E-state index contributed by atoms with van der Waals surface area (Å²) in [5, 5.41) is 3.47. The molecule has 0 radical (unpaired) electrons. The largest absolute Gasteiger partial charge is 0.465 e. The minimum Gasteiger partial charge on any atom is -0.465 e. The highest BCUT2D eigenvalue weighted by molar-refractivity contribution is 5.20.